The molecule has 3 rings (SSSR count). The zero-order chi connectivity index (χ0) is 24.0. The van der Waals surface area contributed by atoms with Gasteiger partial charge in [-0.25, -0.2) is 13.2 Å². The second kappa shape index (κ2) is 10.8. The van der Waals surface area contributed by atoms with Crippen LogP contribution in [0.4, 0.5) is 0 Å². The number of ether oxygens (including phenoxy) is 1. The first kappa shape index (κ1) is 24.7. The minimum Gasteiger partial charge on any atom is -0.452 e. The fourth-order valence-electron chi connectivity index (χ4n) is 3.32. The number of sulfonamides is 1. The number of amides is 2. The maximum atomic E-state index is 12.9. The van der Waals surface area contributed by atoms with Gasteiger partial charge in [-0.3, -0.25) is 20.4 Å². The van der Waals surface area contributed by atoms with Gasteiger partial charge in [0.25, 0.3) is 11.8 Å². The number of aryl methyl sites for hydroxylation is 1. The van der Waals surface area contributed by atoms with Gasteiger partial charge in [-0.2, -0.15) is 4.31 Å². The number of hydrogen-bond donors (Lipinski definition) is 2. The van der Waals surface area contributed by atoms with E-state index < -0.39 is 34.4 Å². The van der Waals surface area contributed by atoms with Gasteiger partial charge in [0.05, 0.1) is 21.0 Å². The van der Waals surface area contributed by atoms with Gasteiger partial charge >= 0.3 is 5.97 Å². The summed E-state index contributed by atoms with van der Waals surface area (Å²) in [5.41, 5.74) is 5.02. The molecule has 0 radical (unpaired) electrons. The molecule has 1 fully saturated rings. The van der Waals surface area contributed by atoms with Crippen molar-refractivity contribution < 1.29 is 27.5 Å². The third kappa shape index (κ3) is 6.10. The standard InChI is InChI=1S/C22H24ClN3O6S/c1-15-9-10-16(33(30,31)26-11-5-2-6-12-26)13-18(15)22(29)32-14-20(27)24-25-21(28)17-7-3-4-8-19(17)23/h3-4,7-10,13H,2,5-6,11-12,14H2,1H3,(H,24,27)(H,25,28). The maximum absolute atomic E-state index is 12.9. The lowest BCUT2D eigenvalue weighted by atomic mass is 10.1. The summed E-state index contributed by atoms with van der Waals surface area (Å²) in [6, 6.07) is 10.5. The second-order valence-corrected chi connectivity index (χ2v) is 9.84. The number of hydrogen-bond acceptors (Lipinski definition) is 6. The fourth-order valence-corrected chi connectivity index (χ4v) is 5.09. The smallest absolute Gasteiger partial charge is 0.338 e. The zero-order valence-corrected chi connectivity index (χ0v) is 19.5. The van der Waals surface area contributed by atoms with Crippen molar-refractivity contribution in [1.29, 1.82) is 0 Å². The average Bonchev–Trinajstić information content (AvgIpc) is 2.82. The zero-order valence-electron chi connectivity index (χ0n) is 18.0. The van der Waals surface area contributed by atoms with E-state index in [2.05, 4.69) is 10.9 Å². The number of rotatable bonds is 6. The molecule has 0 bridgehead atoms. The lowest BCUT2D eigenvalue weighted by Gasteiger charge is -2.26. The van der Waals surface area contributed by atoms with Crippen LogP contribution in [0.5, 0.6) is 0 Å². The Hall–Kier alpha value is -2.95. The van der Waals surface area contributed by atoms with Gasteiger partial charge in [0.1, 0.15) is 0 Å². The highest BCUT2D eigenvalue weighted by molar-refractivity contribution is 7.89. The number of benzene rings is 2. The van der Waals surface area contributed by atoms with Crippen molar-refractivity contribution in [2.75, 3.05) is 19.7 Å². The lowest BCUT2D eigenvalue weighted by molar-refractivity contribution is -0.125. The third-order valence-electron chi connectivity index (χ3n) is 5.15. The van der Waals surface area contributed by atoms with Crippen molar-refractivity contribution in [3.8, 4) is 0 Å². The lowest BCUT2D eigenvalue weighted by Crippen LogP contribution is -2.43. The quantitative estimate of drug-likeness (QED) is 0.471. The van der Waals surface area contributed by atoms with Crippen LogP contribution < -0.4 is 10.9 Å². The Labute approximate surface area is 197 Å². The van der Waals surface area contributed by atoms with Gasteiger partial charge < -0.3 is 4.74 Å². The normalized spacial score (nSPS) is 14.4. The summed E-state index contributed by atoms with van der Waals surface area (Å²) in [7, 11) is -3.73. The number of halogens is 1. The molecule has 1 heterocycles. The molecule has 9 nitrogen and oxygen atoms in total. The van der Waals surface area contributed by atoms with Crippen molar-refractivity contribution in [1.82, 2.24) is 15.2 Å². The van der Waals surface area contributed by atoms with Crippen LogP contribution >= 0.6 is 11.6 Å². The predicted molar refractivity (Wildman–Crippen MR) is 121 cm³/mol. The van der Waals surface area contributed by atoms with E-state index >= 15 is 0 Å². The van der Waals surface area contributed by atoms with Crippen molar-refractivity contribution in [3.63, 3.8) is 0 Å². The largest absolute Gasteiger partial charge is 0.452 e. The molecule has 2 aromatic carbocycles. The van der Waals surface area contributed by atoms with Crippen molar-refractivity contribution in [3.05, 3.63) is 64.2 Å². The van der Waals surface area contributed by atoms with E-state index in [9.17, 15) is 22.8 Å². The highest BCUT2D eigenvalue weighted by Gasteiger charge is 2.27. The molecule has 1 aliphatic heterocycles. The third-order valence-corrected chi connectivity index (χ3v) is 7.37. The summed E-state index contributed by atoms with van der Waals surface area (Å²) >= 11 is 5.93. The molecule has 0 spiro atoms. The number of nitrogens with one attached hydrogen (secondary N) is 2. The van der Waals surface area contributed by atoms with Crippen molar-refractivity contribution in [2.24, 2.45) is 0 Å². The molecule has 2 aromatic rings. The summed E-state index contributed by atoms with van der Waals surface area (Å²) in [5, 5.41) is 0.213. The van der Waals surface area contributed by atoms with Crippen LogP contribution in [0, 0.1) is 6.92 Å². The Morgan fingerprint density at radius 1 is 1.00 bits per heavy atom. The number of nitrogens with zero attached hydrogens (tertiary/aromatic N) is 1. The van der Waals surface area contributed by atoms with Crippen LogP contribution in [0.25, 0.3) is 0 Å². The predicted octanol–water partition coefficient (Wildman–Crippen LogP) is 2.44. The first-order chi connectivity index (χ1) is 15.7. The van der Waals surface area contributed by atoms with E-state index in [0.717, 1.165) is 19.3 Å². The van der Waals surface area contributed by atoms with Crippen LogP contribution in [0.3, 0.4) is 0 Å². The van der Waals surface area contributed by atoms with Crippen molar-refractivity contribution in [2.45, 2.75) is 31.1 Å². The maximum Gasteiger partial charge on any atom is 0.338 e. The number of carbonyl (C=O) groups excluding carboxylic acids is 3. The summed E-state index contributed by atoms with van der Waals surface area (Å²) in [6.45, 7) is 1.84. The molecular weight excluding hydrogens is 470 g/mol. The number of hydrazine groups is 1. The molecule has 33 heavy (non-hydrogen) atoms. The molecule has 0 atom stereocenters. The average molecular weight is 494 g/mol. The van der Waals surface area contributed by atoms with Gasteiger partial charge in [0, 0.05) is 13.1 Å². The molecule has 0 saturated carbocycles. The summed E-state index contributed by atoms with van der Waals surface area (Å²) in [4.78, 5) is 36.5. The van der Waals surface area contributed by atoms with E-state index in [1.165, 1.54) is 34.6 Å². The van der Waals surface area contributed by atoms with Crippen LogP contribution in [0.1, 0.15) is 45.5 Å². The molecule has 1 saturated heterocycles. The minimum atomic E-state index is -3.73. The molecule has 11 heteroatoms. The molecule has 2 N–H and O–H groups in total. The SMILES string of the molecule is Cc1ccc(S(=O)(=O)N2CCCCC2)cc1C(=O)OCC(=O)NNC(=O)c1ccccc1Cl. The molecule has 0 aromatic heterocycles. The van der Waals surface area contributed by atoms with Crippen LogP contribution in [0.15, 0.2) is 47.4 Å². The van der Waals surface area contributed by atoms with E-state index in [4.69, 9.17) is 16.3 Å². The topological polar surface area (TPSA) is 122 Å². The van der Waals surface area contributed by atoms with Gasteiger partial charge in [0.15, 0.2) is 6.61 Å². The first-order valence-electron chi connectivity index (χ1n) is 10.3. The molecular formula is C22H24ClN3O6S. The fraction of sp³-hybridized carbons (Fsp3) is 0.318. The Morgan fingerprint density at radius 2 is 1.70 bits per heavy atom. The second-order valence-electron chi connectivity index (χ2n) is 7.50. The van der Waals surface area contributed by atoms with E-state index in [1.54, 1.807) is 19.1 Å². The molecule has 0 aliphatic carbocycles. The molecule has 0 unspecified atom stereocenters. The van der Waals surface area contributed by atoms with Gasteiger partial charge in [-0.1, -0.05) is 36.2 Å². The number of piperidine rings is 1. The Morgan fingerprint density at radius 3 is 2.39 bits per heavy atom. The van der Waals surface area contributed by atoms with Crippen molar-refractivity contribution >= 4 is 39.4 Å². The van der Waals surface area contributed by atoms with Gasteiger partial charge in [-0.15, -0.1) is 0 Å². The monoisotopic (exact) mass is 493 g/mol. The number of carbonyl (C=O) groups is 3. The highest BCUT2D eigenvalue weighted by Crippen LogP contribution is 2.23. The molecule has 2 amide bonds. The van der Waals surface area contributed by atoms with Crippen LogP contribution in [-0.4, -0.2) is 50.2 Å². The molecule has 1 aliphatic rings. The van der Waals surface area contributed by atoms with Crippen LogP contribution in [0.2, 0.25) is 5.02 Å². The minimum absolute atomic E-state index is 0.00148. The van der Waals surface area contributed by atoms with E-state index in [1.807, 2.05) is 0 Å². The summed E-state index contributed by atoms with van der Waals surface area (Å²) in [6.07, 6.45) is 2.57. The van der Waals surface area contributed by atoms with E-state index in [0.29, 0.717) is 18.7 Å². The summed E-state index contributed by atoms with van der Waals surface area (Å²) < 4.78 is 32.2. The highest BCUT2D eigenvalue weighted by atomic mass is 35.5. The first-order valence-corrected chi connectivity index (χ1v) is 12.1. The van der Waals surface area contributed by atoms with Crippen LogP contribution in [-0.2, 0) is 19.6 Å². The van der Waals surface area contributed by atoms with E-state index in [-0.39, 0.29) is 21.0 Å². The van der Waals surface area contributed by atoms with Gasteiger partial charge in [-0.05, 0) is 49.6 Å². The molecule has 176 valence electrons. The Balaban J connectivity index is 1.59. The Bertz CT molecular complexity index is 1160. The summed E-state index contributed by atoms with van der Waals surface area (Å²) in [5.74, 6) is -2.26. The Kier molecular flexibility index (Phi) is 8.06. The number of esters is 1. The van der Waals surface area contributed by atoms with Gasteiger partial charge in [0.2, 0.25) is 10.0 Å².